The van der Waals surface area contributed by atoms with Crippen molar-refractivity contribution in [2.45, 2.75) is 18.9 Å². The molecule has 3 rings (SSSR count). The van der Waals surface area contributed by atoms with Crippen molar-refractivity contribution in [1.82, 2.24) is 9.80 Å². The highest BCUT2D eigenvalue weighted by molar-refractivity contribution is 5.81. The number of para-hydroxylation sites is 1. The molecule has 1 aromatic rings. The SMILES string of the molecule is O=C(C1CN(CCOc2ccccc2)CCO1)N1CCCC1. The molecular weight excluding hydrogens is 280 g/mol. The van der Waals surface area contributed by atoms with Crippen molar-refractivity contribution in [2.75, 3.05) is 45.9 Å². The van der Waals surface area contributed by atoms with E-state index in [1.54, 1.807) is 0 Å². The Morgan fingerprint density at radius 1 is 1.18 bits per heavy atom. The molecule has 0 aliphatic carbocycles. The van der Waals surface area contributed by atoms with Crippen LogP contribution in [-0.4, -0.2) is 67.7 Å². The summed E-state index contributed by atoms with van der Waals surface area (Å²) in [6.07, 6.45) is 1.93. The highest BCUT2D eigenvalue weighted by Gasteiger charge is 2.31. The van der Waals surface area contributed by atoms with E-state index in [-0.39, 0.29) is 12.0 Å². The molecule has 0 spiro atoms. The van der Waals surface area contributed by atoms with Crippen LogP contribution in [0.4, 0.5) is 0 Å². The van der Waals surface area contributed by atoms with Gasteiger partial charge in [-0.1, -0.05) is 18.2 Å². The molecule has 120 valence electrons. The summed E-state index contributed by atoms with van der Waals surface area (Å²) in [4.78, 5) is 16.6. The zero-order valence-electron chi connectivity index (χ0n) is 12.9. The summed E-state index contributed by atoms with van der Waals surface area (Å²) in [5, 5.41) is 0. The molecule has 1 aromatic carbocycles. The van der Waals surface area contributed by atoms with Crippen LogP contribution in [0.5, 0.6) is 5.75 Å². The Hall–Kier alpha value is -1.59. The number of rotatable bonds is 5. The van der Waals surface area contributed by atoms with E-state index in [2.05, 4.69) is 4.90 Å². The molecule has 2 saturated heterocycles. The molecule has 1 unspecified atom stereocenters. The van der Waals surface area contributed by atoms with Crippen LogP contribution in [0.1, 0.15) is 12.8 Å². The van der Waals surface area contributed by atoms with Crippen LogP contribution < -0.4 is 4.74 Å². The van der Waals surface area contributed by atoms with Crippen LogP contribution in [0.3, 0.4) is 0 Å². The van der Waals surface area contributed by atoms with Crippen molar-refractivity contribution in [2.24, 2.45) is 0 Å². The van der Waals surface area contributed by atoms with Crippen molar-refractivity contribution < 1.29 is 14.3 Å². The van der Waals surface area contributed by atoms with Gasteiger partial charge in [0, 0.05) is 32.7 Å². The average molecular weight is 304 g/mol. The normalized spacial score (nSPS) is 22.7. The number of benzene rings is 1. The summed E-state index contributed by atoms with van der Waals surface area (Å²) >= 11 is 0. The van der Waals surface area contributed by atoms with E-state index < -0.39 is 0 Å². The number of ether oxygens (including phenoxy) is 2. The summed E-state index contributed by atoms with van der Waals surface area (Å²) in [6.45, 7) is 5.38. The number of amides is 1. The first kappa shape index (κ1) is 15.3. The van der Waals surface area contributed by atoms with Gasteiger partial charge in [-0.05, 0) is 25.0 Å². The van der Waals surface area contributed by atoms with Gasteiger partial charge in [0.15, 0.2) is 0 Å². The largest absolute Gasteiger partial charge is 0.492 e. The summed E-state index contributed by atoms with van der Waals surface area (Å²) < 4.78 is 11.4. The first-order valence-electron chi connectivity index (χ1n) is 8.13. The highest BCUT2D eigenvalue weighted by Crippen LogP contribution is 2.14. The molecule has 0 N–H and O–H groups in total. The summed E-state index contributed by atoms with van der Waals surface area (Å²) in [7, 11) is 0. The lowest BCUT2D eigenvalue weighted by atomic mass is 10.2. The lowest BCUT2D eigenvalue weighted by Crippen LogP contribution is -2.51. The maximum absolute atomic E-state index is 12.4. The zero-order valence-corrected chi connectivity index (χ0v) is 12.9. The molecule has 0 radical (unpaired) electrons. The molecule has 1 amide bonds. The molecule has 1 atom stereocenters. The molecule has 2 aliphatic rings. The van der Waals surface area contributed by atoms with Gasteiger partial charge in [-0.25, -0.2) is 0 Å². The van der Waals surface area contributed by atoms with Crippen LogP contribution in [-0.2, 0) is 9.53 Å². The molecule has 0 aromatic heterocycles. The lowest BCUT2D eigenvalue weighted by Gasteiger charge is -2.33. The van der Waals surface area contributed by atoms with E-state index in [1.807, 2.05) is 35.2 Å². The van der Waals surface area contributed by atoms with Gasteiger partial charge in [-0.3, -0.25) is 9.69 Å². The minimum absolute atomic E-state index is 0.158. The maximum atomic E-state index is 12.4. The summed E-state index contributed by atoms with van der Waals surface area (Å²) in [5.41, 5.74) is 0. The van der Waals surface area contributed by atoms with Crippen LogP contribution in [0.2, 0.25) is 0 Å². The van der Waals surface area contributed by atoms with E-state index in [0.29, 0.717) is 19.8 Å². The Kier molecular flexibility index (Phi) is 5.29. The average Bonchev–Trinajstić information content (AvgIpc) is 3.10. The number of hydrogen-bond donors (Lipinski definition) is 0. The van der Waals surface area contributed by atoms with Crippen LogP contribution in [0, 0.1) is 0 Å². The third kappa shape index (κ3) is 3.99. The van der Waals surface area contributed by atoms with Gasteiger partial charge >= 0.3 is 0 Å². The first-order chi connectivity index (χ1) is 10.8. The Bertz CT molecular complexity index is 474. The van der Waals surface area contributed by atoms with E-state index in [9.17, 15) is 4.79 Å². The molecular formula is C17H24N2O3. The fraction of sp³-hybridized carbons (Fsp3) is 0.588. The van der Waals surface area contributed by atoms with Gasteiger partial charge in [0.25, 0.3) is 5.91 Å². The summed E-state index contributed by atoms with van der Waals surface area (Å²) in [6, 6.07) is 9.82. The number of nitrogens with zero attached hydrogens (tertiary/aromatic N) is 2. The quantitative estimate of drug-likeness (QED) is 0.824. The minimum Gasteiger partial charge on any atom is -0.492 e. The van der Waals surface area contributed by atoms with Crippen molar-refractivity contribution in [1.29, 1.82) is 0 Å². The predicted octanol–water partition coefficient (Wildman–Crippen LogP) is 1.39. The number of carbonyl (C=O) groups is 1. The second-order valence-electron chi connectivity index (χ2n) is 5.85. The molecule has 5 heteroatoms. The topological polar surface area (TPSA) is 42.0 Å². The van der Waals surface area contributed by atoms with E-state index in [0.717, 1.165) is 44.8 Å². The van der Waals surface area contributed by atoms with Crippen molar-refractivity contribution in [3.8, 4) is 5.75 Å². The molecule has 5 nitrogen and oxygen atoms in total. The zero-order chi connectivity index (χ0) is 15.2. The number of morpholine rings is 1. The van der Waals surface area contributed by atoms with E-state index in [1.165, 1.54) is 0 Å². The maximum Gasteiger partial charge on any atom is 0.253 e. The Labute approximate surface area is 131 Å². The van der Waals surface area contributed by atoms with Gasteiger partial charge in [0.1, 0.15) is 18.5 Å². The van der Waals surface area contributed by atoms with Crippen LogP contribution >= 0.6 is 0 Å². The minimum atomic E-state index is -0.302. The third-order valence-corrected chi connectivity index (χ3v) is 4.26. The van der Waals surface area contributed by atoms with Crippen molar-refractivity contribution in [3.05, 3.63) is 30.3 Å². The van der Waals surface area contributed by atoms with Crippen molar-refractivity contribution in [3.63, 3.8) is 0 Å². The standard InChI is InChI=1S/C17H24N2O3/c20-17(19-8-4-5-9-19)16-14-18(11-13-22-16)10-12-21-15-6-2-1-3-7-15/h1-3,6-7,16H,4-5,8-14H2. The van der Waals surface area contributed by atoms with E-state index >= 15 is 0 Å². The predicted molar refractivity (Wildman–Crippen MR) is 83.9 cm³/mol. The first-order valence-corrected chi connectivity index (χ1v) is 8.13. The number of hydrogen-bond acceptors (Lipinski definition) is 4. The smallest absolute Gasteiger partial charge is 0.253 e. The second-order valence-corrected chi connectivity index (χ2v) is 5.85. The van der Waals surface area contributed by atoms with Gasteiger partial charge in [-0.15, -0.1) is 0 Å². The molecule has 2 aliphatic heterocycles. The third-order valence-electron chi connectivity index (χ3n) is 4.26. The van der Waals surface area contributed by atoms with Gasteiger partial charge in [-0.2, -0.15) is 0 Å². The lowest BCUT2D eigenvalue weighted by molar-refractivity contribution is -0.148. The Morgan fingerprint density at radius 3 is 2.73 bits per heavy atom. The highest BCUT2D eigenvalue weighted by atomic mass is 16.5. The Balaban J connectivity index is 1.43. The second kappa shape index (κ2) is 7.61. The summed E-state index contributed by atoms with van der Waals surface area (Å²) in [5.74, 6) is 1.05. The van der Waals surface area contributed by atoms with Gasteiger partial charge < -0.3 is 14.4 Å². The molecule has 2 fully saturated rings. The van der Waals surface area contributed by atoms with E-state index in [4.69, 9.17) is 9.47 Å². The van der Waals surface area contributed by atoms with Gasteiger partial charge in [0.2, 0.25) is 0 Å². The fourth-order valence-electron chi connectivity index (χ4n) is 3.01. The number of carbonyl (C=O) groups excluding carboxylic acids is 1. The van der Waals surface area contributed by atoms with Crippen LogP contribution in [0.15, 0.2) is 30.3 Å². The molecule has 0 bridgehead atoms. The Morgan fingerprint density at radius 2 is 1.95 bits per heavy atom. The van der Waals surface area contributed by atoms with Crippen LogP contribution in [0.25, 0.3) is 0 Å². The van der Waals surface area contributed by atoms with Crippen molar-refractivity contribution >= 4 is 5.91 Å². The molecule has 2 heterocycles. The molecule has 22 heavy (non-hydrogen) atoms. The number of likely N-dealkylation sites (tertiary alicyclic amines) is 1. The van der Waals surface area contributed by atoms with Gasteiger partial charge in [0.05, 0.1) is 6.61 Å². The monoisotopic (exact) mass is 304 g/mol. The molecule has 0 saturated carbocycles. The fourth-order valence-corrected chi connectivity index (χ4v) is 3.01.